The second-order valence-electron chi connectivity index (χ2n) is 8.20. The van der Waals surface area contributed by atoms with E-state index in [1.807, 2.05) is 24.3 Å². The third kappa shape index (κ3) is 7.11. The van der Waals surface area contributed by atoms with Crippen LogP contribution in [0.15, 0.2) is 46.9 Å². The lowest BCUT2D eigenvalue weighted by atomic mass is 10.1. The Bertz CT molecular complexity index is 1160. The lowest BCUT2D eigenvalue weighted by Crippen LogP contribution is -2.46. The summed E-state index contributed by atoms with van der Waals surface area (Å²) in [5, 5.41) is 2.59. The molecule has 0 aromatic heterocycles. The van der Waals surface area contributed by atoms with E-state index in [1.165, 1.54) is 16.3 Å². The molecule has 0 unspecified atom stereocenters. The van der Waals surface area contributed by atoms with Crippen LogP contribution in [0.25, 0.3) is 0 Å². The highest BCUT2D eigenvalue weighted by molar-refractivity contribution is 9.10. The zero-order valence-corrected chi connectivity index (χ0v) is 22.4. The average molecular weight is 568 g/mol. The molecule has 2 aromatic carbocycles. The summed E-state index contributed by atoms with van der Waals surface area (Å²) in [7, 11) is -2.08. The number of hydrogen-bond donors (Lipinski definition) is 1. The van der Waals surface area contributed by atoms with Crippen molar-refractivity contribution in [1.29, 1.82) is 0 Å². The maximum atomic E-state index is 13.2. The van der Waals surface area contributed by atoms with Crippen LogP contribution in [0.1, 0.15) is 25.3 Å². The third-order valence-corrected chi connectivity index (χ3v) is 7.37. The summed E-state index contributed by atoms with van der Waals surface area (Å²) in [5.74, 6) is 0.540. The molecular weight excluding hydrogens is 538 g/mol. The highest BCUT2D eigenvalue weighted by Gasteiger charge is 2.26. The molecule has 0 bridgehead atoms. The number of nitrogens with one attached hydrogen (secondary N) is 1. The van der Waals surface area contributed by atoms with Crippen molar-refractivity contribution >= 4 is 43.5 Å². The zero-order valence-electron chi connectivity index (χ0n) is 20.0. The number of ether oxygens (including phenoxy) is 2. The second-order valence-corrected chi connectivity index (χ2v) is 11.0. The quantitative estimate of drug-likeness (QED) is 0.473. The highest BCUT2D eigenvalue weighted by Crippen LogP contribution is 2.34. The summed E-state index contributed by atoms with van der Waals surface area (Å²) in [6.45, 7) is 2.87. The van der Waals surface area contributed by atoms with Crippen LogP contribution >= 0.6 is 15.9 Å². The molecule has 0 spiro atoms. The van der Waals surface area contributed by atoms with Crippen LogP contribution in [0.3, 0.4) is 0 Å². The smallest absolute Gasteiger partial charge is 0.242 e. The number of carbonyl (C=O) groups excluding carboxylic acids is 2. The Kier molecular flexibility index (Phi) is 9.01. The minimum Gasteiger partial charge on any atom is -0.486 e. The van der Waals surface area contributed by atoms with E-state index in [-0.39, 0.29) is 37.7 Å². The van der Waals surface area contributed by atoms with Gasteiger partial charge >= 0.3 is 0 Å². The molecule has 0 fully saturated rings. The van der Waals surface area contributed by atoms with Gasteiger partial charge < -0.3 is 19.7 Å². The molecule has 1 aliphatic heterocycles. The zero-order chi connectivity index (χ0) is 25.6. The van der Waals surface area contributed by atoms with Crippen molar-refractivity contribution in [2.24, 2.45) is 0 Å². The van der Waals surface area contributed by atoms with Crippen LogP contribution in [0.4, 0.5) is 5.69 Å². The van der Waals surface area contributed by atoms with E-state index < -0.39 is 16.1 Å². The normalized spacial score (nSPS) is 13.6. The van der Waals surface area contributed by atoms with Crippen molar-refractivity contribution < 1.29 is 27.5 Å². The minimum absolute atomic E-state index is 0.0778. The molecule has 0 saturated carbocycles. The van der Waals surface area contributed by atoms with Crippen molar-refractivity contribution in [2.75, 3.05) is 37.4 Å². The van der Waals surface area contributed by atoms with E-state index in [0.29, 0.717) is 30.4 Å². The first-order chi connectivity index (χ1) is 16.6. The fourth-order valence-corrected chi connectivity index (χ4v) is 4.99. The summed E-state index contributed by atoms with van der Waals surface area (Å²) < 4.78 is 38.3. The molecule has 1 aliphatic rings. The third-order valence-electron chi connectivity index (χ3n) is 5.65. The lowest BCUT2D eigenvalue weighted by molar-refractivity contribution is -0.140. The molecule has 1 heterocycles. The van der Waals surface area contributed by atoms with Gasteiger partial charge in [0.05, 0.1) is 11.9 Å². The monoisotopic (exact) mass is 567 g/mol. The Labute approximate surface area is 214 Å². The molecule has 0 saturated heterocycles. The highest BCUT2D eigenvalue weighted by atomic mass is 79.9. The number of rotatable bonds is 10. The van der Waals surface area contributed by atoms with Gasteiger partial charge in [0.2, 0.25) is 21.8 Å². The van der Waals surface area contributed by atoms with Crippen LogP contribution in [-0.2, 0) is 26.2 Å². The van der Waals surface area contributed by atoms with E-state index in [2.05, 4.69) is 21.2 Å². The predicted octanol–water partition coefficient (Wildman–Crippen LogP) is 2.93. The van der Waals surface area contributed by atoms with Gasteiger partial charge in [0, 0.05) is 37.1 Å². The molecule has 0 aliphatic carbocycles. The molecule has 35 heavy (non-hydrogen) atoms. The fraction of sp³-hybridized carbons (Fsp3) is 0.417. The van der Waals surface area contributed by atoms with Gasteiger partial charge in [-0.2, -0.15) is 0 Å². The van der Waals surface area contributed by atoms with E-state index in [9.17, 15) is 18.0 Å². The molecule has 3 rings (SSSR count). The average Bonchev–Trinajstić information content (AvgIpc) is 2.84. The molecule has 190 valence electrons. The van der Waals surface area contributed by atoms with Crippen LogP contribution in [0.2, 0.25) is 0 Å². The van der Waals surface area contributed by atoms with Gasteiger partial charge in [0.25, 0.3) is 0 Å². The fourth-order valence-electron chi connectivity index (χ4n) is 3.77. The predicted molar refractivity (Wildman–Crippen MR) is 137 cm³/mol. The first kappa shape index (κ1) is 26.8. The van der Waals surface area contributed by atoms with Crippen molar-refractivity contribution in [2.45, 2.75) is 32.4 Å². The minimum atomic E-state index is -3.61. The van der Waals surface area contributed by atoms with Gasteiger partial charge in [-0.15, -0.1) is 0 Å². The van der Waals surface area contributed by atoms with Gasteiger partial charge in [0.15, 0.2) is 11.5 Å². The summed E-state index contributed by atoms with van der Waals surface area (Å²) >= 11 is 3.39. The van der Waals surface area contributed by atoms with E-state index >= 15 is 0 Å². The molecular formula is C24H30BrN3O6S. The van der Waals surface area contributed by atoms with Crippen molar-refractivity contribution in [1.82, 2.24) is 10.2 Å². The second kappa shape index (κ2) is 11.8. The topological polar surface area (TPSA) is 105 Å². The van der Waals surface area contributed by atoms with E-state index in [0.717, 1.165) is 16.3 Å². The Hall–Kier alpha value is -2.79. The molecule has 1 atom stereocenters. The largest absolute Gasteiger partial charge is 0.486 e. The number of benzene rings is 2. The van der Waals surface area contributed by atoms with Gasteiger partial charge in [-0.25, -0.2) is 8.42 Å². The lowest BCUT2D eigenvalue weighted by Gasteiger charge is -2.29. The van der Waals surface area contributed by atoms with Crippen molar-refractivity contribution in [3.8, 4) is 11.5 Å². The SMILES string of the molecule is CNC(=O)[C@@H](C)N(Cc1ccc(Br)cc1)C(=O)CCCN(c1ccc2c(c1)OCCO2)S(C)(=O)=O. The summed E-state index contributed by atoms with van der Waals surface area (Å²) in [4.78, 5) is 27.0. The maximum Gasteiger partial charge on any atom is 0.242 e. The summed E-state index contributed by atoms with van der Waals surface area (Å²) in [6.07, 6.45) is 1.48. The number of fused-ring (bicyclic) bond motifs is 1. The Morgan fingerprint density at radius 1 is 1.09 bits per heavy atom. The van der Waals surface area contributed by atoms with Crippen molar-refractivity contribution in [3.05, 3.63) is 52.5 Å². The number of hydrogen-bond acceptors (Lipinski definition) is 6. The van der Waals surface area contributed by atoms with Gasteiger partial charge in [-0.3, -0.25) is 13.9 Å². The molecule has 2 aromatic rings. The maximum absolute atomic E-state index is 13.2. The number of likely N-dealkylation sites (N-methyl/N-ethyl adjacent to an activating group) is 1. The van der Waals surface area contributed by atoms with Crippen LogP contribution in [0.5, 0.6) is 11.5 Å². The molecule has 2 amide bonds. The van der Waals surface area contributed by atoms with Gasteiger partial charge in [-0.1, -0.05) is 28.1 Å². The van der Waals surface area contributed by atoms with Crippen LogP contribution in [0, 0.1) is 0 Å². The van der Waals surface area contributed by atoms with Crippen LogP contribution < -0.4 is 19.1 Å². The first-order valence-electron chi connectivity index (χ1n) is 11.2. The molecule has 1 N–H and O–H groups in total. The van der Waals surface area contributed by atoms with Crippen molar-refractivity contribution in [3.63, 3.8) is 0 Å². The van der Waals surface area contributed by atoms with E-state index in [4.69, 9.17) is 9.47 Å². The number of carbonyl (C=O) groups is 2. The Morgan fingerprint density at radius 2 is 1.74 bits per heavy atom. The Morgan fingerprint density at radius 3 is 2.37 bits per heavy atom. The van der Waals surface area contributed by atoms with E-state index in [1.54, 1.807) is 25.1 Å². The van der Waals surface area contributed by atoms with Gasteiger partial charge in [-0.05, 0) is 43.2 Å². The standard InChI is InChI=1S/C24H30BrN3O6S/c1-17(24(30)26-2)27(16-18-6-8-19(25)9-7-18)23(29)5-4-12-28(35(3,31)32)20-10-11-21-22(15-20)34-14-13-33-21/h6-11,15,17H,4-5,12-14,16H2,1-3H3,(H,26,30)/t17-/m1/s1. The summed E-state index contributed by atoms with van der Waals surface area (Å²) in [6, 6.07) is 11.8. The number of anilines is 1. The number of halogens is 1. The number of sulfonamides is 1. The van der Waals surface area contributed by atoms with Gasteiger partial charge in [0.1, 0.15) is 19.3 Å². The van der Waals surface area contributed by atoms with Crippen LogP contribution in [-0.4, -0.2) is 64.2 Å². The molecule has 9 nitrogen and oxygen atoms in total. The Balaban J connectivity index is 1.72. The molecule has 11 heteroatoms. The number of nitrogens with zero attached hydrogens (tertiary/aromatic N) is 2. The first-order valence-corrected chi connectivity index (χ1v) is 13.9. The summed E-state index contributed by atoms with van der Waals surface area (Å²) in [5.41, 5.74) is 1.32. The number of amides is 2. The molecule has 0 radical (unpaired) electrons.